The summed E-state index contributed by atoms with van der Waals surface area (Å²) < 4.78 is 0. The molecule has 2 N–H and O–H groups in total. The number of rotatable bonds is 6. The molecule has 0 saturated heterocycles. The van der Waals surface area contributed by atoms with Crippen LogP contribution in [0.1, 0.15) is 0 Å². The Morgan fingerprint density at radius 3 is 1.80 bits per heavy atom. The molecular weight excluding hydrogens is 152 g/mol. The highest BCUT2D eigenvalue weighted by Gasteiger charge is 1.76. The van der Waals surface area contributed by atoms with E-state index in [1.54, 1.807) is 12.2 Å². The number of halogens is 1. The second kappa shape index (κ2) is 11.4. The zero-order valence-electron chi connectivity index (χ0n) is 5.80. The van der Waals surface area contributed by atoms with Gasteiger partial charge in [0.1, 0.15) is 0 Å². The highest BCUT2D eigenvalue weighted by molar-refractivity contribution is 5.85. The minimum atomic E-state index is 0. The summed E-state index contributed by atoms with van der Waals surface area (Å²) in [6.07, 6.45) is 3.41. The van der Waals surface area contributed by atoms with Gasteiger partial charge >= 0.3 is 0 Å². The largest absolute Gasteiger partial charge is 0.214 e. The smallest absolute Gasteiger partial charge is 0.0407 e. The van der Waals surface area contributed by atoms with Crippen LogP contribution in [0.4, 0.5) is 0 Å². The molecule has 0 atom stereocenters. The third kappa shape index (κ3) is 10.6. The maximum atomic E-state index is 4.67. The minimum Gasteiger partial charge on any atom is -0.214 e. The van der Waals surface area contributed by atoms with Gasteiger partial charge in [-0.15, -0.1) is 25.6 Å². The Morgan fingerprint density at radius 2 is 1.50 bits per heavy atom. The van der Waals surface area contributed by atoms with Crippen LogP contribution in [0, 0.1) is 0 Å². The minimum absolute atomic E-state index is 0. The molecule has 0 saturated carbocycles. The van der Waals surface area contributed by atoms with Gasteiger partial charge in [-0.1, -0.05) is 12.2 Å². The summed E-state index contributed by atoms with van der Waals surface area (Å²) in [5.41, 5.74) is 5.19. The van der Waals surface area contributed by atoms with Crippen LogP contribution in [0.2, 0.25) is 0 Å². The Kier molecular flexibility index (Phi) is 14.1. The molecule has 0 aromatic heterocycles. The molecule has 0 amide bonds. The summed E-state index contributed by atoms with van der Waals surface area (Å²) >= 11 is 0. The average Bonchev–Trinajstić information content (AvgIpc) is 1.89. The number of hydrogen-bond donors (Lipinski definition) is 2. The molecule has 0 bridgehead atoms. The van der Waals surface area contributed by atoms with E-state index in [1.807, 2.05) is 0 Å². The van der Waals surface area contributed by atoms with E-state index in [-0.39, 0.29) is 12.4 Å². The van der Waals surface area contributed by atoms with Crippen LogP contribution >= 0.6 is 12.4 Å². The zero-order valence-corrected chi connectivity index (χ0v) is 6.62. The standard InChI is InChI=1S/C6H12N2O.ClH/c1-3-5-7-9-8-6-4-2;/h3-4,7-8H,1-2,5-6H2;1H. The topological polar surface area (TPSA) is 33.3 Å². The Balaban J connectivity index is 0. The van der Waals surface area contributed by atoms with E-state index in [0.717, 1.165) is 0 Å². The SMILES string of the molecule is C=CCNONCC=C.Cl. The first kappa shape index (κ1) is 12.3. The molecule has 10 heavy (non-hydrogen) atoms. The highest BCUT2D eigenvalue weighted by Crippen LogP contribution is 1.61. The predicted octanol–water partition coefficient (Wildman–Crippen LogP) is 0.806. The Bertz CT molecular complexity index is 77.8. The Hall–Kier alpha value is -0.350. The van der Waals surface area contributed by atoms with Gasteiger partial charge in [0.2, 0.25) is 0 Å². The summed E-state index contributed by atoms with van der Waals surface area (Å²) in [5.74, 6) is 0. The molecule has 0 aliphatic heterocycles. The molecule has 0 aliphatic carbocycles. The van der Waals surface area contributed by atoms with Crippen molar-refractivity contribution < 1.29 is 4.94 Å². The van der Waals surface area contributed by atoms with Gasteiger partial charge in [-0.3, -0.25) is 0 Å². The third-order valence-electron chi connectivity index (χ3n) is 0.600. The van der Waals surface area contributed by atoms with Gasteiger partial charge in [0, 0.05) is 13.1 Å². The lowest BCUT2D eigenvalue weighted by atomic mass is 10.7. The van der Waals surface area contributed by atoms with Crippen molar-refractivity contribution in [2.75, 3.05) is 13.1 Å². The van der Waals surface area contributed by atoms with Crippen LogP contribution in [0.15, 0.2) is 25.3 Å². The molecule has 0 rings (SSSR count). The van der Waals surface area contributed by atoms with Crippen molar-refractivity contribution in [3.63, 3.8) is 0 Å². The van der Waals surface area contributed by atoms with E-state index in [2.05, 4.69) is 29.1 Å². The lowest BCUT2D eigenvalue weighted by Crippen LogP contribution is -2.25. The van der Waals surface area contributed by atoms with Crippen LogP contribution in [0.5, 0.6) is 0 Å². The first-order valence-corrected chi connectivity index (χ1v) is 2.75. The second-order valence-corrected chi connectivity index (χ2v) is 1.38. The molecule has 0 aromatic rings. The Labute approximate surface area is 67.5 Å². The van der Waals surface area contributed by atoms with Gasteiger partial charge < -0.3 is 0 Å². The fraction of sp³-hybridized carbons (Fsp3) is 0.333. The van der Waals surface area contributed by atoms with Gasteiger partial charge in [0.25, 0.3) is 0 Å². The van der Waals surface area contributed by atoms with Gasteiger partial charge in [-0.25, -0.2) is 4.94 Å². The molecule has 0 aliphatic rings. The van der Waals surface area contributed by atoms with Crippen LogP contribution < -0.4 is 11.0 Å². The zero-order chi connectivity index (χ0) is 6.95. The van der Waals surface area contributed by atoms with E-state index in [0.29, 0.717) is 13.1 Å². The van der Waals surface area contributed by atoms with Gasteiger partial charge in [0.15, 0.2) is 0 Å². The monoisotopic (exact) mass is 164 g/mol. The van der Waals surface area contributed by atoms with E-state index in [1.165, 1.54) is 0 Å². The molecule has 0 fully saturated rings. The number of hydroxylamine groups is 2. The fourth-order valence-corrected chi connectivity index (χ4v) is 0.252. The van der Waals surface area contributed by atoms with Crippen molar-refractivity contribution >= 4 is 12.4 Å². The fourth-order valence-electron chi connectivity index (χ4n) is 0.252. The van der Waals surface area contributed by atoms with E-state index < -0.39 is 0 Å². The molecule has 0 radical (unpaired) electrons. The van der Waals surface area contributed by atoms with Crippen molar-refractivity contribution in [1.29, 1.82) is 0 Å². The summed E-state index contributed by atoms with van der Waals surface area (Å²) in [6, 6.07) is 0. The molecule has 4 heteroatoms. The van der Waals surface area contributed by atoms with Gasteiger partial charge in [-0.2, -0.15) is 11.0 Å². The highest BCUT2D eigenvalue weighted by atomic mass is 35.5. The number of hydrogen-bond acceptors (Lipinski definition) is 3. The summed E-state index contributed by atoms with van der Waals surface area (Å²) in [6.45, 7) is 8.23. The molecule has 0 spiro atoms. The Morgan fingerprint density at radius 1 is 1.10 bits per heavy atom. The summed E-state index contributed by atoms with van der Waals surface area (Å²) in [7, 11) is 0. The lowest BCUT2D eigenvalue weighted by Gasteiger charge is -2.00. The van der Waals surface area contributed by atoms with Crippen molar-refractivity contribution in [3.05, 3.63) is 25.3 Å². The second-order valence-electron chi connectivity index (χ2n) is 1.38. The normalized spacial score (nSPS) is 8.00. The molecular formula is C6H13ClN2O. The van der Waals surface area contributed by atoms with E-state index >= 15 is 0 Å². The third-order valence-corrected chi connectivity index (χ3v) is 0.600. The average molecular weight is 165 g/mol. The van der Waals surface area contributed by atoms with Crippen molar-refractivity contribution in [2.24, 2.45) is 0 Å². The van der Waals surface area contributed by atoms with Crippen molar-refractivity contribution in [2.45, 2.75) is 0 Å². The quantitative estimate of drug-likeness (QED) is 0.346. The molecule has 0 heterocycles. The van der Waals surface area contributed by atoms with E-state index in [4.69, 9.17) is 0 Å². The maximum absolute atomic E-state index is 4.67. The van der Waals surface area contributed by atoms with Gasteiger partial charge in [-0.05, 0) is 0 Å². The lowest BCUT2D eigenvalue weighted by molar-refractivity contribution is -0.0267. The molecule has 0 unspecified atom stereocenters. The maximum Gasteiger partial charge on any atom is 0.0407 e. The molecule has 60 valence electrons. The van der Waals surface area contributed by atoms with Crippen LogP contribution in [0.3, 0.4) is 0 Å². The molecule has 0 aromatic carbocycles. The molecule has 3 nitrogen and oxygen atoms in total. The summed E-state index contributed by atoms with van der Waals surface area (Å²) in [5, 5.41) is 0. The first-order valence-electron chi connectivity index (χ1n) is 2.75. The van der Waals surface area contributed by atoms with Crippen molar-refractivity contribution in [1.82, 2.24) is 11.0 Å². The summed E-state index contributed by atoms with van der Waals surface area (Å²) in [4.78, 5) is 4.67. The van der Waals surface area contributed by atoms with Gasteiger partial charge in [0.05, 0.1) is 0 Å². The van der Waals surface area contributed by atoms with Crippen molar-refractivity contribution in [3.8, 4) is 0 Å². The number of nitrogens with one attached hydrogen (secondary N) is 2. The van der Waals surface area contributed by atoms with Crippen LogP contribution in [-0.4, -0.2) is 13.1 Å². The van der Waals surface area contributed by atoms with Crippen LogP contribution in [0.25, 0.3) is 0 Å². The predicted molar refractivity (Wildman–Crippen MR) is 44.7 cm³/mol. The van der Waals surface area contributed by atoms with E-state index in [9.17, 15) is 0 Å². The van der Waals surface area contributed by atoms with Crippen LogP contribution in [-0.2, 0) is 4.94 Å². The first-order chi connectivity index (χ1) is 4.41.